The van der Waals surface area contributed by atoms with E-state index >= 15 is 0 Å². The van der Waals surface area contributed by atoms with E-state index in [-0.39, 0.29) is 23.9 Å². The number of nitrogens with zero attached hydrogens (tertiary/aromatic N) is 1. The quantitative estimate of drug-likeness (QED) is 0.747. The topological polar surface area (TPSA) is 30.9 Å². The molecular formula is C13H25NO3. The minimum atomic E-state index is -0.394. The molecule has 100 valence electrons. The molecule has 2 aliphatic rings. The van der Waals surface area contributed by atoms with Gasteiger partial charge in [-0.1, -0.05) is 0 Å². The number of methoxy groups -OCH3 is 2. The lowest BCUT2D eigenvalue weighted by molar-refractivity contribution is -0.214. The molecule has 4 heteroatoms. The number of ether oxygens (including phenoxy) is 3. The van der Waals surface area contributed by atoms with Crippen LogP contribution in [0.2, 0.25) is 0 Å². The SMILES string of the molecule is COC(C)C12OC(C)C(C1OC)N(C)C2(C)C. The van der Waals surface area contributed by atoms with E-state index in [9.17, 15) is 0 Å². The molecule has 4 nitrogen and oxygen atoms in total. The first-order chi connectivity index (χ1) is 7.84. The van der Waals surface area contributed by atoms with E-state index in [4.69, 9.17) is 14.2 Å². The summed E-state index contributed by atoms with van der Waals surface area (Å²) in [5.74, 6) is 0. The van der Waals surface area contributed by atoms with E-state index in [1.807, 2.05) is 0 Å². The zero-order chi connectivity index (χ0) is 13.0. The maximum Gasteiger partial charge on any atom is 0.140 e. The van der Waals surface area contributed by atoms with Gasteiger partial charge in [-0.3, -0.25) is 4.90 Å². The van der Waals surface area contributed by atoms with Crippen molar-refractivity contribution in [1.82, 2.24) is 4.90 Å². The van der Waals surface area contributed by atoms with E-state index in [0.717, 1.165) is 0 Å². The number of fused-ring (bicyclic) bond motifs is 2. The normalized spacial score (nSPS) is 46.4. The van der Waals surface area contributed by atoms with Gasteiger partial charge in [-0.25, -0.2) is 0 Å². The van der Waals surface area contributed by atoms with Gasteiger partial charge in [-0.05, 0) is 34.7 Å². The Balaban J connectivity index is 2.50. The van der Waals surface area contributed by atoms with Crippen molar-refractivity contribution in [3.8, 4) is 0 Å². The van der Waals surface area contributed by atoms with E-state index < -0.39 is 5.60 Å². The molecule has 2 bridgehead atoms. The Hall–Kier alpha value is -0.160. The van der Waals surface area contributed by atoms with Crippen LogP contribution in [0.3, 0.4) is 0 Å². The second-order valence-corrected chi connectivity index (χ2v) is 5.81. The minimum absolute atomic E-state index is 0.000139. The molecular weight excluding hydrogens is 218 g/mol. The van der Waals surface area contributed by atoms with Crippen molar-refractivity contribution in [2.24, 2.45) is 0 Å². The number of rotatable bonds is 3. The van der Waals surface area contributed by atoms with Gasteiger partial charge in [0.05, 0.1) is 18.2 Å². The Bertz CT molecular complexity index is 307. The zero-order valence-corrected chi connectivity index (χ0v) is 12.0. The van der Waals surface area contributed by atoms with Gasteiger partial charge in [-0.15, -0.1) is 0 Å². The molecule has 2 heterocycles. The van der Waals surface area contributed by atoms with Crippen molar-refractivity contribution in [3.05, 3.63) is 0 Å². The highest BCUT2D eigenvalue weighted by atomic mass is 16.6. The Morgan fingerprint density at radius 1 is 1.29 bits per heavy atom. The highest BCUT2D eigenvalue weighted by molar-refractivity contribution is 5.25. The molecule has 0 aliphatic carbocycles. The molecule has 5 atom stereocenters. The Morgan fingerprint density at radius 3 is 2.35 bits per heavy atom. The second-order valence-electron chi connectivity index (χ2n) is 5.81. The maximum atomic E-state index is 6.30. The molecule has 0 amide bonds. The fourth-order valence-corrected chi connectivity index (χ4v) is 3.92. The smallest absolute Gasteiger partial charge is 0.140 e. The van der Waals surface area contributed by atoms with Crippen LogP contribution < -0.4 is 0 Å². The zero-order valence-electron chi connectivity index (χ0n) is 12.0. The number of hydrogen-bond donors (Lipinski definition) is 0. The number of hydrogen-bond acceptors (Lipinski definition) is 4. The largest absolute Gasteiger partial charge is 0.379 e. The first-order valence-corrected chi connectivity index (χ1v) is 6.31. The fraction of sp³-hybridized carbons (Fsp3) is 1.00. The van der Waals surface area contributed by atoms with Crippen molar-refractivity contribution in [3.63, 3.8) is 0 Å². The summed E-state index contributed by atoms with van der Waals surface area (Å²) in [5.41, 5.74) is -0.490. The maximum absolute atomic E-state index is 6.30. The monoisotopic (exact) mass is 243 g/mol. The summed E-state index contributed by atoms with van der Waals surface area (Å²) < 4.78 is 17.6. The molecule has 5 unspecified atom stereocenters. The Morgan fingerprint density at radius 2 is 1.88 bits per heavy atom. The number of likely N-dealkylation sites (tertiary alicyclic amines) is 1. The van der Waals surface area contributed by atoms with Gasteiger partial charge >= 0.3 is 0 Å². The van der Waals surface area contributed by atoms with Crippen LogP contribution in [0.1, 0.15) is 27.7 Å². The summed E-state index contributed by atoms with van der Waals surface area (Å²) >= 11 is 0. The van der Waals surface area contributed by atoms with Crippen LogP contribution in [0.25, 0.3) is 0 Å². The van der Waals surface area contributed by atoms with Crippen LogP contribution in [0.4, 0.5) is 0 Å². The third-order valence-electron chi connectivity index (χ3n) is 5.09. The summed E-state index contributed by atoms with van der Waals surface area (Å²) in [6.07, 6.45) is 0.239. The van der Waals surface area contributed by atoms with Gasteiger partial charge in [0.25, 0.3) is 0 Å². The average molecular weight is 243 g/mol. The van der Waals surface area contributed by atoms with E-state index in [1.165, 1.54) is 0 Å². The predicted molar refractivity (Wildman–Crippen MR) is 66.2 cm³/mol. The van der Waals surface area contributed by atoms with Gasteiger partial charge in [0, 0.05) is 19.8 Å². The van der Waals surface area contributed by atoms with Gasteiger partial charge in [-0.2, -0.15) is 0 Å². The molecule has 2 rings (SSSR count). The summed E-state index contributed by atoms with van der Waals surface area (Å²) in [7, 11) is 5.66. The molecule has 0 N–H and O–H groups in total. The van der Waals surface area contributed by atoms with Crippen LogP contribution >= 0.6 is 0 Å². The molecule has 0 saturated carbocycles. The van der Waals surface area contributed by atoms with Crippen LogP contribution in [0, 0.1) is 0 Å². The molecule has 2 fully saturated rings. The Kier molecular flexibility index (Phi) is 3.06. The van der Waals surface area contributed by atoms with Crippen LogP contribution in [0.5, 0.6) is 0 Å². The molecule has 0 aromatic carbocycles. The third kappa shape index (κ3) is 1.33. The highest BCUT2D eigenvalue weighted by Crippen LogP contribution is 2.54. The molecule has 2 aliphatic heterocycles. The summed E-state index contributed by atoms with van der Waals surface area (Å²) in [5, 5.41) is 0. The Labute approximate surface area is 104 Å². The minimum Gasteiger partial charge on any atom is -0.379 e. The average Bonchev–Trinajstić information content (AvgIpc) is 2.67. The standard InChI is InChI=1S/C13H25NO3/c1-8-10-11(16-7)13(17-8,9(2)15-6)12(3,4)14(10)5/h8-11H,1-7H3. The van der Waals surface area contributed by atoms with Gasteiger partial charge < -0.3 is 14.2 Å². The first kappa shape index (κ1) is 13.3. The lowest BCUT2D eigenvalue weighted by Gasteiger charge is -2.50. The molecule has 17 heavy (non-hydrogen) atoms. The lowest BCUT2D eigenvalue weighted by atomic mass is 9.78. The predicted octanol–water partition coefficient (Wildman–Crippen LogP) is 1.29. The molecule has 0 aromatic rings. The van der Waals surface area contributed by atoms with Gasteiger partial charge in [0.15, 0.2) is 0 Å². The van der Waals surface area contributed by atoms with Crippen LogP contribution in [-0.2, 0) is 14.2 Å². The van der Waals surface area contributed by atoms with Crippen LogP contribution in [-0.4, -0.2) is 61.7 Å². The van der Waals surface area contributed by atoms with Gasteiger partial charge in [0.2, 0.25) is 0 Å². The third-order valence-corrected chi connectivity index (χ3v) is 5.09. The summed E-state index contributed by atoms with van der Waals surface area (Å²) in [4.78, 5) is 2.38. The number of likely N-dealkylation sites (N-methyl/N-ethyl adjacent to an activating group) is 1. The highest BCUT2D eigenvalue weighted by Gasteiger charge is 2.73. The van der Waals surface area contributed by atoms with Crippen molar-refractivity contribution >= 4 is 0 Å². The van der Waals surface area contributed by atoms with E-state index in [0.29, 0.717) is 6.04 Å². The van der Waals surface area contributed by atoms with E-state index in [1.54, 1.807) is 14.2 Å². The summed E-state index contributed by atoms with van der Waals surface area (Å²) in [6.45, 7) is 8.61. The van der Waals surface area contributed by atoms with Crippen molar-refractivity contribution in [2.45, 2.75) is 63.2 Å². The second kappa shape index (κ2) is 3.92. The first-order valence-electron chi connectivity index (χ1n) is 6.31. The lowest BCUT2D eigenvalue weighted by Crippen LogP contribution is -2.65. The fourth-order valence-electron chi connectivity index (χ4n) is 3.92. The summed E-state index contributed by atoms with van der Waals surface area (Å²) in [6, 6.07) is 0.299. The van der Waals surface area contributed by atoms with Gasteiger partial charge in [0.1, 0.15) is 11.7 Å². The number of morpholine rings is 1. The molecule has 0 aromatic heterocycles. The molecule has 2 saturated heterocycles. The van der Waals surface area contributed by atoms with Crippen molar-refractivity contribution in [1.29, 1.82) is 0 Å². The molecule has 0 spiro atoms. The van der Waals surface area contributed by atoms with Crippen LogP contribution in [0.15, 0.2) is 0 Å². The van der Waals surface area contributed by atoms with E-state index in [2.05, 4.69) is 39.6 Å². The van der Waals surface area contributed by atoms with Crippen molar-refractivity contribution < 1.29 is 14.2 Å². The van der Waals surface area contributed by atoms with Crippen molar-refractivity contribution in [2.75, 3.05) is 21.3 Å². The molecule has 0 radical (unpaired) electrons.